The lowest BCUT2D eigenvalue weighted by molar-refractivity contribution is -0.128. The summed E-state index contributed by atoms with van der Waals surface area (Å²) in [6.07, 6.45) is 0.266. The lowest BCUT2D eigenvalue weighted by Gasteiger charge is -2.33. The Labute approximate surface area is 125 Å². The van der Waals surface area contributed by atoms with Gasteiger partial charge in [-0.2, -0.15) is 0 Å². The minimum Gasteiger partial charge on any atom is -0.477 e. The van der Waals surface area contributed by atoms with Crippen LogP contribution in [0.5, 0.6) is 5.75 Å². The SMILES string of the molecule is CC(=O)N1C[C@@H](C(=O)NCCC(C)C)Oc2ccccc21. The van der Waals surface area contributed by atoms with Crippen molar-refractivity contribution in [2.75, 3.05) is 18.0 Å². The van der Waals surface area contributed by atoms with E-state index >= 15 is 0 Å². The van der Waals surface area contributed by atoms with Crippen molar-refractivity contribution in [3.63, 3.8) is 0 Å². The Balaban J connectivity index is 2.07. The Morgan fingerprint density at radius 3 is 2.76 bits per heavy atom. The molecule has 2 rings (SSSR count). The van der Waals surface area contributed by atoms with Gasteiger partial charge in [0.15, 0.2) is 6.10 Å². The molecule has 1 aliphatic rings. The highest BCUT2D eigenvalue weighted by Gasteiger charge is 2.32. The highest BCUT2D eigenvalue weighted by Crippen LogP contribution is 2.33. The quantitative estimate of drug-likeness (QED) is 0.922. The number of ether oxygens (including phenoxy) is 1. The number of carbonyl (C=O) groups excluding carboxylic acids is 2. The predicted molar refractivity (Wildman–Crippen MR) is 81.3 cm³/mol. The fourth-order valence-electron chi connectivity index (χ4n) is 2.27. The van der Waals surface area contributed by atoms with Gasteiger partial charge in [-0.25, -0.2) is 0 Å². The predicted octanol–water partition coefficient (Wildman–Crippen LogP) is 1.96. The van der Waals surface area contributed by atoms with Crippen molar-refractivity contribution >= 4 is 17.5 Å². The molecule has 1 N–H and O–H groups in total. The minimum absolute atomic E-state index is 0.0919. The third kappa shape index (κ3) is 3.74. The second-order valence-electron chi connectivity index (χ2n) is 5.68. The Hall–Kier alpha value is -2.04. The molecule has 0 fully saturated rings. The van der Waals surface area contributed by atoms with Crippen LogP contribution in [0.25, 0.3) is 0 Å². The number of carbonyl (C=O) groups is 2. The van der Waals surface area contributed by atoms with Gasteiger partial charge in [-0.15, -0.1) is 0 Å². The number of nitrogens with zero attached hydrogens (tertiary/aromatic N) is 1. The molecule has 0 spiro atoms. The van der Waals surface area contributed by atoms with Crippen LogP contribution in [0.3, 0.4) is 0 Å². The van der Waals surface area contributed by atoms with E-state index in [0.29, 0.717) is 18.2 Å². The zero-order chi connectivity index (χ0) is 15.4. The van der Waals surface area contributed by atoms with Gasteiger partial charge in [0.1, 0.15) is 5.75 Å². The highest BCUT2D eigenvalue weighted by atomic mass is 16.5. The summed E-state index contributed by atoms with van der Waals surface area (Å²) in [7, 11) is 0. The summed E-state index contributed by atoms with van der Waals surface area (Å²) in [4.78, 5) is 25.5. The van der Waals surface area contributed by atoms with Crippen LogP contribution in [0.1, 0.15) is 27.2 Å². The van der Waals surface area contributed by atoms with Gasteiger partial charge < -0.3 is 15.0 Å². The molecule has 1 aliphatic heterocycles. The molecule has 5 heteroatoms. The molecule has 0 saturated carbocycles. The molecule has 0 aliphatic carbocycles. The van der Waals surface area contributed by atoms with Gasteiger partial charge in [-0.05, 0) is 24.5 Å². The first-order valence-corrected chi connectivity index (χ1v) is 7.30. The average Bonchev–Trinajstić information content (AvgIpc) is 2.45. The summed E-state index contributed by atoms with van der Waals surface area (Å²) in [5, 5.41) is 2.87. The Morgan fingerprint density at radius 2 is 2.10 bits per heavy atom. The molecule has 0 aromatic heterocycles. The zero-order valence-corrected chi connectivity index (χ0v) is 12.8. The van der Waals surface area contributed by atoms with Crippen molar-refractivity contribution in [2.24, 2.45) is 5.92 Å². The third-order valence-electron chi connectivity index (χ3n) is 3.47. The van der Waals surface area contributed by atoms with E-state index in [1.807, 2.05) is 18.2 Å². The molecule has 5 nitrogen and oxygen atoms in total. The zero-order valence-electron chi connectivity index (χ0n) is 12.8. The first kappa shape index (κ1) is 15.4. The van der Waals surface area contributed by atoms with E-state index in [9.17, 15) is 9.59 Å². The molecular formula is C16H22N2O3. The fourth-order valence-corrected chi connectivity index (χ4v) is 2.27. The van der Waals surface area contributed by atoms with E-state index in [1.165, 1.54) is 6.92 Å². The molecule has 1 aromatic rings. The molecule has 2 amide bonds. The first-order valence-electron chi connectivity index (χ1n) is 7.30. The normalized spacial score (nSPS) is 17.1. The van der Waals surface area contributed by atoms with Crippen molar-refractivity contribution in [3.8, 4) is 5.75 Å². The number of benzene rings is 1. The number of amides is 2. The van der Waals surface area contributed by atoms with Gasteiger partial charge in [0.05, 0.1) is 12.2 Å². The van der Waals surface area contributed by atoms with Crippen molar-refractivity contribution < 1.29 is 14.3 Å². The van der Waals surface area contributed by atoms with Crippen LogP contribution in [0.15, 0.2) is 24.3 Å². The number of nitrogens with one attached hydrogen (secondary N) is 1. The molecule has 0 saturated heterocycles. The van der Waals surface area contributed by atoms with Gasteiger partial charge in [-0.3, -0.25) is 9.59 Å². The average molecular weight is 290 g/mol. The summed E-state index contributed by atoms with van der Waals surface area (Å²) in [5.74, 6) is 0.845. The largest absolute Gasteiger partial charge is 0.477 e. The first-order chi connectivity index (χ1) is 9.99. The molecule has 1 atom stereocenters. The molecular weight excluding hydrogens is 268 g/mol. The lowest BCUT2D eigenvalue weighted by atomic mass is 10.1. The molecule has 0 radical (unpaired) electrons. The van der Waals surface area contributed by atoms with Crippen LogP contribution in [-0.4, -0.2) is 31.0 Å². The second-order valence-corrected chi connectivity index (χ2v) is 5.68. The van der Waals surface area contributed by atoms with E-state index in [1.54, 1.807) is 11.0 Å². The maximum atomic E-state index is 12.2. The summed E-state index contributed by atoms with van der Waals surface area (Å²) >= 11 is 0. The number of anilines is 1. The van der Waals surface area contributed by atoms with Gasteiger partial charge in [0, 0.05) is 13.5 Å². The topological polar surface area (TPSA) is 58.6 Å². The van der Waals surface area contributed by atoms with Crippen molar-refractivity contribution in [1.82, 2.24) is 5.32 Å². The maximum Gasteiger partial charge on any atom is 0.262 e. The second kappa shape index (κ2) is 6.61. The molecule has 114 valence electrons. The van der Waals surface area contributed by atoms with E-state index in [-0.39, 0.29) is 18.4 Å². The van der Waals surface area contributed by atoms with Crippen LogP contribution < -0.4 is 15.0 Å². The number of hydrogen-bond donors (Lipinski definition) is 1. The monoisotopic (exact) mass is 290 g/mol. The number of hydrogen-bond acceptors (Lipinski definition) is 3. The Morgan fingerprint density at radius 1 is 1.38 bits per heavy atom. The summed E-state index contributed by atoms with van der Waals surface area (Å²) in [5.41, 5.74) is 0.719. The van der Waals surface area contributed by atoms with Crippen LogP contribution in [0, 0.1) is 5.92 Å². The summed E-state index contributed by atoms with van der Waals surface area (Å²) < 4.78 is 5.73. The molecule has 1 aromatic carbocycles. The van der Waals surface area contributed by atoms with Gasteiger partial charge in [-0.1, -0.05) is 26.0 Å². The van der Waals surface area contributed by atoms with Crippen molar-refractivity contribution in [3.05, 3.63) is 24.3 Å². The summed E-state index contributed by atoms with van der Waals surface area (Å²) in [6, 6.07) is 7.28. The van der Waals surface area contributed by atoms with Gasteiger partial charge >= 0.3 is 0 Å². The fraction of sp³-hybridized carbons (Fsp3) is 0.500. The third-order valence-corrected chi connectivity index (χ3v) is 3.47. The standard InChI is InChI=1S/C16H22N2O3/c1-11(2)8-9-17-16(20)15-10-18(12(3)19)13-6-4-5-7-14(13)21-15/h4-7,11,15H,8-10H2,1-3H3,(H,17,20)/t15-/m0/s1. The lowest BCUT2D eigenvalue weighted by Crippen LogP contribution is -2.50. The van der Waals surface area contributed by atoms with Crippen LogP contribution >= 0.6 is 0 Å². The maximum absolute atomic E-state index is 12.2. The molecule has 0 bridgehead atoms. The van der Waals surface area contributed by atoms with Crippen LogP contribution in [0.2, 0.25) is 0 Å². The summed E-state index contributed by atoms with van der Waals surface area (Å²) in [6.45, 7) is 6.59. The van der Waals surface area contributed by atoms with E-state index < -0.39 is 6.10 Å². The molecule has 1 heterocycles. The van der Waals surface area contributed by atoms with Gasteiger partial charge in [0.2, 0.25) is 5.91 Å². The van der Waals surface area contributed by atoms with Gasteiger partial charge in [0.25, 0.3) is 5.91 Å². The van der Waals surface area contributed by atoms with E-state index in [4.69, 9.17) is 4.74 Å². The number of para-hydroxylation sites is 2. The van der Waals surface area contributed by atoms with Crippen LogP contribution in [0.4, 0.5) is 5.69 Å². The van der Waals surface area contributed by atoms with E-state index in [0.717, 1.165) is 12.1 Å². The smallest absolute Gasteiger partial charge is 0.262 e. The number of fused-ring (bicyclic) bond motifs is 1. The molecule has 21 heavy (non-hydrogen) atoms. The number of rotatable bonds is 4. The minimum atomic E-state index is -0.657. The highest BCUT2D eigenvalue weighted by molar-refractivity contribution is 5.95. The van der Waals surface area contributed by atoms with Crippen LogP contribution in [-0.2, 0) is 9.59 Å². The van der Waals surface area contributed by atoms with Crippen molar-refractivity contribution in [1.29, 1.82) is 0 Å². The van der Waals surface area contributed by atoms with Crippen molar-refractivity contribution in [2.45, 2.75) is 33.3 Å². The van der Waals surface area contributed by atoms with E-state index in [2.05, 4.69) is 19.2 Å². The molecule has 0 unspecified atom stereocenters. The Kier molecular flexibility index (Phi) is 4.83. The Bertz CT molecular complexity index is 528.